The number of rotatable bonds is 11. The van der Waals surface area contributed by atoms with Gasteiger partial charge in [0.25, 0.3) is 0 Å². The largest absolute Gasteiger partial charge is 0.0699 e. The van der Waals surface area contributed by atoms with Crippen LogP contribution in [0.5, 0.6) is 0 Å². The van der Waals surface area contributed by atoms with Crippen molar-refractivity contribution in [3.05, 3.63) is 130 Å². The molecule has 1 aliphatic rings. The zero-order valence-corrected chi connectivity index (χ0v) is 27.9. The van der Waals surface area contributed by atoms with E-state index in [2.05, 4.69) is 168 Å². The molecule has 0 saturated heterocycles. The van der Waals surface area contributed by atoms with Crippen LogP contribution in [-0.2, 0) is 0 Å². The molecule has 0 N–H and O–H groups in total. The van der Waals surface area contributed by atoms with Gasteiger partial charge in [-0.1, -0.05) is 160 Å². The Morgan fingerprint density at radius 1 is 0.700 bits per heavy atom. The lowest BCUT2D eigenvalue weighted by atomic mass is 9.72. The van der Waals surface area contributed by atoms with Crippen LogP contribution in [-0.4, -0.2) is 0 Å². The van der Waals surface area contributed by atoms with Gasteiger partial charge in [0.05, 0.1) is 0 Å². The molecule has 1 aliphatic carbocycles. The van der Waals surface area contributed by atoms with Gasteiger partial charge in [0.2, 0.25) is 0 Å². The molecule has 0 spiro atoms. The molecule has 40 heavy (non-hydrogen) atoms. The first kappa shape index (κ1) is 35.2. The summed E-state index contributed by atoms with van der Waals surface area (Å²) in [4.78, 5) is 0. The predicted molar refractivity (Wildman–Crippen MR) is 184 cm³/mol. The maximum atomic E-state index is 2.37. The van der Waals surface area contributed by atoms with E-state index >= 15 is 0 Å². The van der Waals surface area contributed by atoms with Crippen molar-refractivity contribution in [1.82, 2.24) is 0 Å². The maximum absolute atomic E-state index is 2.37. The monoisotopic (exact) mass is 538 g/mol. The minimum absolute atomic E-state index is 0.164. The van der Waals surface area contributed by atoms with E-state index in [0.717, 1.165) is 6.42 Å². The molecule has 218 valence electrons. The summed E-state index contributed by atoms with van der Waals surface area (Å²) in [5.41, 5.74) is 11.4. The Morgan fingerprint density at radius 3 is 1.65 bits per heavy atom. The molecule has 0 aromatic rings. The van der Waals surface area contributed by atoms with E-state index in [-0.39, 0.29) is 10.8 Å². The highest BCUT2D eigenvalue weighted by Crippen LogP contribution is 2.40. The van der Waals surface area contributed by atoms with Gasteiger partial charge in [-0.25, -0.2) is 0 Å². The molecule has 0 fully saturated rings. The van der Waals surface area contributed by atoms with E-state index in [1.807, 2.05) is 0 Å². The summed E-state index contributed by atoms with van der Waals surface area (Å²) in [6.45, 7) is 27.0. The highest BCUT2D eigenvalue weighted by molar-refractivity contribution is 5.38. The molecule has 0 nitrogen and oxygen atoms in total. The molecule has 0 amide bonds. The normalized spacial score (nSPS) is 19.4. The van der Waals surface area contributed by atoms with E-state index in [4.69, 9.17) is 0 Å². The van der Waals surface area contributed by atoms with Crippen molar-refractivity contribution in [2.75, 3.05) is 0 Å². The minimum atomic E-state index is 0.164. The molecule has 0 atom stereocenters. The molecule has 0 heterocycles. The van der Waals surface area contributed by atoms with Gasteiger partial charge in [-0.3, -0.25) is 0 Å². The summed E-state index contributed by atoms with van der Waals surface area (Å²) in [5.74, 6) is 0. The fourth-order valence-corrected chi connectivity index (χ4v) is 5.00. The lowest BCUT2D eigenvalue weighted by Crippen LogP contribution is -2.19. The van der Waals surface area contributed by atoms with E-state index in [9.17, 15) is 0 Å². The fraction of sp³-hybridized carbons (Fsp3) is 0.450. The van der Waals surface area contributed by atoms with Crippen molar-refractivity contribution in [3.8, 4) is 0 Å². The van der Waals surface area contributed by atoms with Crippen molar-refractivity contribution in [2.24, 2.45) is 10.8 Å². The Labute approximate surface area is 248 Å². The van der Waals surface area contributed by atoms with E-state index in [0.29, 0.717) is 0 Å². The van der Waals surface area contributed by atoms with Crippen molar-refractivity contribution in [3.63, 3.8) is 0 Å². The van der Waals surface area contributed by atoms with Gasteiger partial charge >= 0.3 is 0 Å². The second-order valence-electron chi connectivity index (χ2n) is 13.1. The summed E-state index contributed by atoms with van der Waals surface area (Å²) in [5, 5.41) is 0. The SMILES string of the molecule is CC/C(C)=C(/C=C/C(C)=C/C=C/C(C)=C/C=C/C=C(C)/C=C/C=C(C)/C=C/C1=C(C)CCCC1(C)C)C(C)(C)C. The van der Waals surface area contributed by atoms with Crippen LogP contribution in [0.2, 0.25) is 0 Å². The van der Waals surface area contributed by atoms with Crippen LogP contribution in [0.4, 0.5) is 0 Å². The fourth-order valence-electron chi connectivity index (χ4n) is 5.00. The van der Waals surface area contributed by atoms with E-state index in [1.165, 1.54) is 58.3 Å². The Bertz CT molecular complexity index is 1110. The molecule has 0 unspecified atom stereocenters. The van der Waals surface area contributed by atoms with Crippen LogP contribution < -0.4 is 0 Å². The van der Waals surface area contributed by atoms with Gasteiger partial charge in [-0.05, 0) is 89.2 Å². The van der Waals surface area contributed by atoms with Crippen LogP contribution in [0.3, 0.4) is 0 Å². The van der Waals surface area contributed by atoms with Gasteiger partial charge in [0.15, 0.2) is 0 Å². The third kappa shape index (κ3) is 13.5. The molecule has 0 saturated carbocycles. The number of allylic oxidation sites excluding steroid dienone is 22. The molecule has 0 bridgehead atoms. The van der Waals surface area contributed by atoms with Gasteiger partial charge < -0.3 is 0 Å². The van der Waals surface area contributed by atoms with Crippen LogP contribution >= 0.6 is 0 Å². The number of hydrogen-bond acceptors (Lipinski definition) is 0. The molecule has 0 aromatic heterocycles. The van der Waals surface area contributed by atoms with Crippen LogP contribution in [0, 0.1) is 10.8 Å². The zero-order chi connectivity index (χ0) is 30.3. The summed E-state index contributed by atoms with van der Waals surface area (Å²) in [7, 11) is 0. The summed E-state index contributed by atoms with van der Waals surface area (Å²) < 4.78 is 0. The van der Waals surface area contributed by atoms with Gasteiger partial charge in [-0.15, -0.1) is 0 Å². The Morgan fingerprint density at radius 2 is 1.18 bits per heavy atom. The summed E-state index contributed by atoms with van der Waals surface area (Å²) in [6, 6.07) is 0. The second-order valence-corrected chi connectivity index (χ2v) is 13.1. The molecule has 1 rings (SSSR count). The van der Waals surface area contributed by atoms with Gasteiger partial charge in [-0.2, -0.15) is 0 Å². The van der Waals surface area contributed by atoms with Crippen molar-refractivity contribution in [2.45, 2.75) is 109 Å². The quantitative estimate of drug-likeness (QED) is 0.229. The topological polar surface area (TPSA) is 0 Å². The second kappa shape index (κ2) is 17.1. The van der Waals surface area contributed by atoms with Crippen LogP contribution in [0.15, 0.2) is 130 Å². The first-order chi connectivity index (χ1) is 18.7. The van der Waals surface area contributed by atoms with Crippen molar-refractivity contribution < 1.29 is 0 Å². The van der Waals surface area contributed by atoms with Gasteiger partial charge in [0, 0.05) is 0 Å². The van der Waals surface area contributed by atoms with Crippen molar-refractivity contribution in [1.29, 1.82) is 0 Å². The average Bonchev–Trinajstić information content (AvgIpc) is 2.85. The van der Waals surface area contributed by atoms with Crippen molar-refractivity contribution >= 4 is 0 Å². The Kier molecular flexibility index (Phi) is 15.0. The smallest absolute Gasteiger partial charge is 0.0104 e. The third-order valence-corrected chi connectivity index (χ3v) is 7.63. The first-order valence-corrected chi connectivity index (χ1v) is 15.2. The van der Waals surface area contributed by atoms with Gasteiger partial charge in [0.1, 0.15) is 0 Å². The van der Waals surface area contributed by atoms with Crippen LogP contribution in [0.25, 0.3) is 0 Å². The average molecular weight is 539 g/mol. The van der Waals surface area contributed by atoms with E-state index in [1.54, 1.807) is 5.57 Å². The Hall–Kier alpha value is -2.86. The van der Waals surface area contributed by atoms with Crippen LogP contribution in [0.1, 0.15) is 109 Å². The molecular weight excluding hydrogens is 480 g/mol. The summed E-state index contributed by atoms with van der Waals surface area (Å²) in [6.07, 6.45) is 35.5. The number of hydrogen-bond donors (Lipinski definition) is 0. The summed E-state index contributed by atoms with van der Waals surface area (Å²) >= 11 is 0. The molecule has 0 aromatic carbocycles. The van der Waals surface area contributed by atoms with E-state index < -0.39 is 0 Å². The highest BCUT2D eigenvalue weighted by Gasteiger charge is 2.26. The molecular formula is C40H58. The highest BCUT2D eigenvalue weighted by atomic mass is 14.3. The first-order valence-electron chi connectivity index (χ1n) is 15.2. The maximum Gasteiger partial charge on any atom is -0.0104 e. The minimum Gasteiger partial charge on any atom is -0.0699 e. The molecule has 0 heteroatoms. The molecule has 0 radical (unpaired) electrons. The lowest BCUT2D eigenvalue weighted by Gasteiger charge is -2.32. The molecule has 0 aliphatic heterocycles. The third-order valence-electron chi connectivity index (χ3n) is 7.63. The lowest BCUT2D eigenvalue weighted by molar-refractivity contribution is 0.377. The standard InChI is InChI=1S/C40H58/c1-13-35(6)37(39(8,9)10)28-26-33(4)23-16-21-31(2)19-14-15-20-32(3)22-17-24-34(5)27-29-38-36(7)25-18-30-40(38,11)12/h14-17,19-24,26-29H,13,18,25,30H2,1-12H3/b15-14+,21-16+,22-17+,28-26+,29-27+,31-19+,32-20+,33-23+,34-24+,37-35-. The zero-order valence-electron chi connectivity index (χ0n) is 27.9. The Balaban J connectivity index is 2.71. The predicted octanol–water partition coefficient (Wildman–Crippen LogP) is 12.9.